The van der Waals surface area contributed by atoms with Gasteiger partial charge in [-0.15, -0.1) is 0 Å². The number of hydrogen-bond acceptors (Lipinski definition) is 4. The zero-order chi connectivity index (χ0) is 20.5. The molecule has 2 aliphatic heterocycles. The van der Waals surface area contributed by atoms with Gasteiger partial charge >= 0.3 is 0 Å². The SMILES string of the molecule is COC1CCC2NCC(/C=C3\C(=O)N(CCCN(C)C)C4CCC(F)CC34)C2C1. The van der Waals surface area contributed by atoms with Crippen molar-refractivity contribution < 1.29 is 13.9 Å². The van der Waals surface area contributed by atoms with E-state index in [1.54, 1.807) is 7.11 Å². The van der Waals surface area contributed by atoms with E-state index in [-0.39, 0.29) is 17.9 Å². The number of nitrogens with zero attached hydrogens (tertiary/aromatic N) is 2. The Hall–Kier alpha value is -0.980. The second-order valence-corrected chi connectivity index (χ2v) is 9.87. The molecule has 2 heterocycles. The number of amides is 1. The van der Waals surface area contributed by atoms with E-state index in [9.17, 15) is 9.18 Å². The summed E-state index contributed by atoms with van der Waals surface area (Å²) < 4.78 is 19.9. The van der Waals surface area contributed by atoms with Gasteiger partial charge in [0.2, 0.25) is 5.91 Å². The van der Waals surface area contributed by atoms with Gasteiger partial charge in [-0.25, -0.2) is 4.39 Å². The number of hydrogen-bond donors (Lipinski definition) is 1. The first-order valence-corrected chi connectivity index (χ1v) is 11.6. The number of carbonyl (C=O) groups is 1. The molecule has 7 unspecified atom stereocenters. The molecule has 0 bridgehead atoms. The number of ether oxygens (including phenoxy) is 1. The van der Waals surface area contributed by atoms with E-state index in [4.69, 9.17) is 4.74 Å². The Balaban J connectivity index is 1.52. The van der Waals surface area contributed by atoms with Gasteiger partial charge in [0.1, 0.15) is 6.17 Å². The number of alkyl halides is 1. The summed E-state index contributed by atoms with van der Waals surface area (Å²) in [4.78, 5) is 17.6. The van der Waals surface area contributed by atoms with Crippen molar-refractivity contribution in [3.8, 4) is 0 Å². The molecule has 164 valence electrons. The highest BCUT2D eigenvalue weighted by molar-refractivity contribution is 5.97. The predicted octanol–water partition coefficient (Wildman–Crippen LogP) is 2.62. The third kappa shape index (κ3) is 4.40. The van der Waals surface area contributed by atoms with E-state index >= 15 is 0 Å². The van der Waals surface area contributed by atoms with Crippen LogP contribution in [0.25, 0.3) is 0 Å². The fourth-order valence-corrected chi connectivity index (χ4v) is 6.26. The molecule has 1 amide bonds. The lowest BCUT2D eigenvalue weighted by atomic mass is 9.76. The first-order chi connectivity index (χ1) is 14.0. The van der Waals surface area contributed by atoms with Crippen LogP contribution in [0, 0.1) is 17.8 Å². The fraction of sp³-hybridized carbons (Fsp3) is 0.870. The molecule has 0 aromatic heterocycles. The molecule has 4 aliphatic rings. The van der Waals surface area contributed by atoms with Crippen molar-refractivity contribution in [2.45, 2.75) is 69.3 Å². The van der Waals surface area contributed by atoms with Crippen LogP contribution in [-0.2, 0) is 9.53 Å². The van der Waals surface area contributed by atoms with Crippen LogP contribution in [0.2, 0.25) is 0 Å². The van der Waals surface area contributed by atoms with Gasteiger partial charge in [0.05, 0.1) is 6.10 Å². The number of fused-ring (bicyclic) bond motifs is 2. The molecular weight excluding hydrogens is 369 g/mol. The molecule has 29 heavy (non-hydrogen) atoms. The summed E-state index contributed by atoms with van der Waals surface area (Å²) in [6.07, 6.45) is 8.01. The largest absolute Gasteiger partial charge is 0.381 e. The fourth-order valence-electron chi connectivity index (χ4n) is 6.26. The van der Waals surface area contributed by atoms with Crippen molar-refractivity contribution in [3.63, 3.8) is 0 Å². The molecule has 7 atom stereocenters. The Morgan fingerprint density at radius 1 is 1.24 bits per heavy atom. The Bertz CT molecular complexity index is 625. The number of rotatable bonds is 6. The minimum atomic E-state index is -0.767. The minimum Gasteiger partial charge on any atom is -0.381 e. The summed E-state index contributed by atoms with van der Waals surface area (Å²) in [5, 5.41) is 3.68. The minimum absolute atomic E-state index is 0.0754. The molecule has 4 rings (SSSR count). The lowest BCUT2D eigenvalue weighted by Crippen LogP contribution is -2.40. The zero-order valence-corrected chi connectivity index (χ0v) is 18.3. The van der Waals surface area contributed by atoms with E-state index in [1.165, 1.54) is 0 Å². The second-order valence-electron chi connectivity index (χ2n) is 9.87. The molecule has 0 spiro atoms. The first kappa shape index (κ1) is 21.3. The quantitative estimate of drug-likeness (QED) is 0.688. The third-order valence-electron chi connectivity index (χ3n) is 7.81. The average molecular weight is 408 g/mol. The van der Waals surface area contributed by atoms with Gasteiger partial charge in [-0.3, -0.25) is 4.79 Å². The van der Waals surface area contributed by atoms with Crippen molar-refractivity contribution in [2.24, 2.45) is 17.8 Å². The summed E-state index contributed by atoms with van der Waals surface area (Å²) in [7, 11) is 5.94. The van der Waals surface area contributed by atoms with Gasteiger partial charge in [0.25, 0.3) is 0 Å². The van der Waals surface area contributed by atoms with Crippen LogP contribution in [0.4, 0.5) is 4.39 Å². The van der Waals surface area contributed by atoms with Crippen molar-refractivity contribution >= 4 is 5.91 Å². The maximum Gasteiger partial charge on any atom is 0.250 e. The molecule has 5 nitrogen and oxygen atoms in total. The molecule has 1 N–H and O–H groups in total. The smallest absolute Gasteiger partial charge is 0.250 e. The van der Waals surface area contributed by atoms with E-state index in [0.717, 1.165) is 57.3 Å². The van der Waals surface area contributed by atoms with E-state index in [0.29, 0.717) is 36.8 Å². The Kier molecular flexibility index (Phi) is 6.62. The van der Waals surface area contributed by atoms with Crippen molar-refractivity contribution in [3.05, 3.63) is 11.6 Å². The second kappa shape index (κ2) is 9.03. The summed E-state index contributed by atoms with van der Waals surface area (Å²) in [6.45, 7) is 2.69. The topological polar surface area (TPSA) is 44.8 Å². The summed E-state index contributed by atoms with van der Waals surface area (Å²) in [6, 6.07) is 0.734. The lowest BCUT2D eigenvalue weighted by molar-refractivity contribution is -0.126. The summed E-state index contributed by atoms with van der Waals surface area (Å²) in [5.41, 5.74) is 0.911. The standard InChI is InChI=1S/C23H38FN3O2/c1-26(2)9-4-10-27-22-8-5-16(24)12-19(22)20(23(27)28)11-15-14-25-21-7-6-17(29-3)13-18(15)21/h11,15-19,21-22,25H,4-10,12-14H2,1-3H3/b20-11-. The molecule has 2 saturated carbocycles. The molecule has 0 aromatic rings. The maximum atomic E-state index is 14.3. The Labute approximate surface area is 175 Å². The van der Waals surface area contributed by atoms with E-state index in [2.05, 4.69) is 35.3 Å². The van der Waals surface area contributed by atoms with Gasteiger partial charge in [0, 0.05) is 43.8 Å². The van der Waals surface area contributed by atoms with Gasteiger partial charge in [-0.1, -0.05) is 6.08 Å². The van der Waals surface area contributed by atoms with Gasteiger partial charge in [-0.2, -0.15) is 0 Å². The van der Waals surface area contributed by atoms with Gasteiger partial charge < -0.3 is 19.9 Å². The predicted molar refractivity (Wildman–Crippen MR) is 112 cm³/mol. The van der Waals surface area contributed by atoms with Gasteiger partial charge in [-0.05, 0) is 77.4 Å². The van der Waals surface area contributed by atoms with Crippen LogP contribution >= 0.6 is 0 Å². The normalized spacial score (nSPS) is 41.3. The maximum absolute atomic E-state index is 14.3. The molecule has 2 aliphatic carbocycles. The van der Waals surface area contributed by atoms with Crippen molar-refractivity contribution in [1.29, 1.82) is 0 Å². The molecule has 4 fully saturated rings. The molecular formula is C23H38FN3O2. The van der Waals surface area contributed by atoms with Crippen LogP contribution in [-0.4, -0.2) is 80.9 Å². The van der Waals surface area contributed by atoms with Crippen LogP contribution in [0.3, 0.4) is 0 Å². The average Bonchev–Trinajstić information content (AvgIpc) is 3.21. The first-order valence-electron chi connectivity index (χ1n) is 11.6. The van der Waals surface area contributed by atoms with Crippen LogP contribution < -0.4 is 5.32 Å². The van der Waals surface area contributed by atoms with Crippen LogP contribution in [0.1, 0.15) is 44.9 Å². The molecule has 6 heteroatoms. The molecule has 2 saturated heterocycles. The highest BCUT2D eigenvalue weighted by atomic mass is 19.1. The number of halogens is 1. The van der Waals surface area contributed by atoms with E-state index < -0.39 is 6.17 Å². The Morgan fingerprint density at radius 2 is 2.07 bits per heavy atom. The van der Waals surface area contributed by atoms with Crippen molar-refractivity contribution in [2.75, 3.05) is 40.8 Å². The van der Waals surface area contributed by atoms with Crippen LogP contribution in [0.15, 0.2) is 11.6 Å². The highest BCUT2D eigenvalue weighted by Gasteiger charge is 2.48. The van der Waals surface area contributed by atoms with Crippen molar-refractivity contribution in [1.82, 2.24) is 15.1 Å². The number of nitrogens with one attached hydrogen (secondary N) is 1. The molecule has 0 aromatic carbocycles. The highest BCUT2D eigenvalue weighted by Crippen LogP contribution is 2.44. The number of carbonyl (C=O) groups excluding carboxylic acids is 1. The lowest BCUT2D eigenvalue weighted by Gasteiger charge is -2.33. The summed E-state index contributed by atoms with van der Waals surface area (Å²) >= 11 is 0. The number of likely N-dealkylation sites (tertiary alicyclic amines) is 1. The number of methoxy groups -OCH3 is 1. The van der Waals surface area contributed by atoms with E-state index in [1.807, 2.05) is 0 Å². The van der Waals surface area contributed by atoms with Crippen LogP contribution in [0.5, 0.6) is 0 Å². The zero-order valence-electron chi connectivity index (χ0n) is 18.3. The van der Waals surface area contributed by atoms with Gasteiger partial charge in [0.15, 0.2) is 0 Å². The molecule has 0 radical (unpaired) electrons. The monoisotopic (exact) mass is 407 g/mol. The Morgan fingerprint density at radius 3 is 2.83 bits per heavy atom. The third-order valence-corrected chi connectivity index (χ3v) is 7.81. The summed E-state index contributed by atoms with van der Waals surface area (Å²) in [5.74, 6) is 1.14.